The van der Waals surface area contributed by atoms with Gasteiger partial charge in [-0.3, -0.25) is 5.32 Å². The third-order valence-corrected chi connectivity index (χ3v) is 3.44. The van der Waals surface area contributed by atoms with Crippen LogP contribution in [0.25, 0.3) is 5.69 Å². The van der Waals surface area contributed by atoms with E-state index in [2.05, 4.69) is 15.7 Å². The lowest BCUT2D eigenvalue weighted by atomic mass is 10.1. The molecule has 5 nitrogen and oxygen atoms in total. The van der Waals surface area contributed by atoms with E-state index in [0.29, 0.717) is 18.8 Å². The predicted molar refractivity (Wildman–Crippen MR) is 90.7 cm³/mol. The van der Waals surface area contributed by atoms with Crippen molar-refractivity contribution in [3.63, 3.8) is 0 Å². The lowest BCUT2D eigenvalue weighted by molar-refractivity contribution is 0.252. The highest BCUT2D eigenvalue weighted by Crippen LogP contribution is 2.09. The average molecular weight is 324 g/mol. The van der Waals surface area contributed by atoms with E-state index >= 15 is 0 Å². The minimum atomic E-state index is -0.343. The molecular weight excluding hydrogens is 307 g/mol. The molecule has 2 amide bonds. The molecule has 1 aromatic heterocycles. The van der Waals surface area contributed by atoms with Crippen molar-refractivity contribution in [3.05, 3.63) is 78.2 Å². The normalized spacial score (nSPS) is 10.4. The van der Waals surface area contributed by atoms with Gasteiger partial charge in [-0.1, -0.05) is 30.3 Å². The third-order valence-electron chi connectivity index (χ3n) is 3.44. The highest BCUT2D eigenvalue weighted by molar-refractivity contribution is 5.88. The van der Waals surface area contributed by atoms with Crippen LogP contribution >= 0.6 is 0 Å². The number of carbonyl (C=O) groups is 1. The summed E-state index contributed by atoms with van der Waals surface area (Å²) in [5.41, 5.74) is 1.75. The van der Waals surface area contributed by atoms with Gasteiger partial charge < -0.3 is 5.32 Å². The number of aromatic nitrogens is 2. The van der Waals surface area contributed by atoms with Crippen LogP contribution in [0.2, 0.25) is 0 Å². The Kier molecular flexibility index (Phi) is 4.86. The molecule has 3 aromatic rings. The number of rotatable bonds is 5. The molecular formula is C18H17FN4O. The number of nitrogens with one attached hydrogen (secondary N) is 2. The lowest BCUT2D eigenvalue weighted by Gasteiger charge is -2.06. The molecule has 0 aliphatic carbocycles. The van der Waals surface area contributed by atoms with Gasteiger partial charge in [0.05, 0.1) is 5.69 Å². The first-order valence-electron chi connectivity index (χ1n) is 7.61. The molecule has 6 heteroatoms. The number of benzene rings is 2. The second kappa shape index (κ2) is 7.41. The average Bonchev–Trinajstić information content (AvgIpc) is 3.04. The number of hydrogen-bond donors (Lipinski definition) is 2. The Bertz CT molecular complexity index is 817. The summed E-state index contributed by atoms with van der Waals surface area (Å²) >= 11 is 0. The molecule has 0 fully saturated rings. The summed E-state index contributed by atoms with van der Waals surface area (Å²) in [5, 5.41) is 9.69. The van der Waals surface area contributed by atoms with Crippen molar-refractivity contribution in [3.8, 4) is 5.69 Å². The maximum atomic E-state index is 13.1. The van der Waals surface area contributed by atoms with Gasteiger partial charge in [0, 0.05) is 18.8 Å². The fraction of sp³-hybridized carbons (Fsp3) is 0.111. The van der Waals surface area contributed by atoms with Crippen molar-refractivity contribution in [2.45, 2.75) is 6.42 Å². The fourth-order valence-electron chi connectivity index (χ4n) is 2.29. The van der Waals surface area contributed by atoms with Gasteiger partial charge in [-0.25, -0.2) is 13.9 Å². The van der Waals surface area contributed by atoms with Gasteiger partial charge in [-0.05, 0) is 36.2 Å². The van der Waals surface area contributed by atoms with Gasteiger partial charge in [0.2, 0.25) is 0 Å². The molecule has 0 bridgehead atoms. The predicted octanol–water partition coefficient (Wildman–Crippen LogP) is 3.38. The summed E-state index contributed by atoms with van der Waals surface area (Å²) in [7, 11) is 0. The standard InChI is InChI=1S/C18H17FN4O/c19-15-6-4-5-14(13-15)9-11-20-18(24)21-17-10-12-23(22-17)16-7-2-1-3-8-16/h1-8,10,12-13H,9,11H2,(H2,20,21,22,24). The highest BCUT2D eigenvalue weighted by atomic mass is 19.1. The number of halogens is 1. The molecule has 3 rings (SSSR count). The van der Waals surface area contributed by atoms with Crippen molar-refractivity contribution < 1.29 is 9.18 Å². The Hall–Kier alpha value is -3.15. The number of para-hydroxylation sites is 1. The number of hydrogen-bond acceptors (Lipinski definition) is 2. The Morgan fingerprint density at radius 1 is 1.08 bits per heavy atom. The molecule has 122 valence electrons. The van der Waals surface area contributed by atoms with Crippen LogP contribution in [0.5, 0.6) is 0 Å². The van der Waals surface area contributed by atoms with Gasteiger partial charge in [0.25, 0.3) is 0 Å². The van der Waals surface area contributed by atoms with Crippen molar-refractivity contribution in [1.29, 1.82) is 0 Å². The minimum absolute atomic E-state index is 0.275. The van der Waals surface area contributed by atoms with Gasteiger partial charge >= 0.3 is 6.03 Å². The van der Waals surface area contributed by atoms with Crippen LogP contribution in [0.3, 0.4) is 0 Å². The first kappa shape index (κ1) is 15.7. The smallest absolute Gasteiger partial charge is 0.320 e. The van der Waals surface area contributed by atoms with Crippen molar-refractivity contribution in [2.24, 2.45) is 0 Å². The van der Waals surface area contributed by atoms with Gasteiger partial charge in [-0.15, -0.1) is 5.10 Å². The van der Waals surface area contributed by atoms with Crippen LogP contribution in [-0.4, -0.2) is 22.4 Å². The largest absolute Gasteiger partial charge is 0.337 e. The van der Waals surface area contributed by atoms with Gasteiger partial charge in [0.1, 0.15) is 5.82 Å². The lowest BCUT2D eigenvalue weighted by Crippen LogP contribution is -2.30. The molecule has 0 spiro atoms. The summed E-state index contributed by atoms with van der Waals surface area (Å²) in [6.07, 6.45) is 2.33. The van der Waals surface area contributed by atoms with Crippen LogP contribution in [0.1, 0.15) is 5.56 Å². The van der Waals surface area contributed by atoms with Crippen molar-refractivity contribution in [1.82, 2.24) is 15.1 Å². The molecule has 0 aliphatic rings. The topological polar surface area (TPSA) is 59.0 Å². The molecule has 0 radical (unpaired) electrons. The number of nitrogens with zero attached hydrogens (tertiary/aromatic N) is 2. The Morgan fingerprint density at radius 2 is 1.92 bits per heavy atom. The maximum absolute atomic E-state index is 13.1. The van der Waals surface area contributed by atoms with Crippen LogP contribution in [0.4, 0.5) is 15.0 Å². The van der Waals surface area contributed by atoms with E-state index in [4.69, 9.17) is 0 Å². The second-order valence-corrected chi connectivity index (χ2v) is 5.24. The van der Waals surface area contributed by atoms with Gasteiger partial charge in [-0.2, -0.15) is 0 Å². The SMILES string of the molecule is O=C(NCCc1cccc(F)c1)Nc1ccn(-c2ccccc2)n1. The first-order chi connectivity index (χ1) is 11.7. The highest BCUT2D eigenvalue weighted by Gasteiger charge is 2.05. The third kappa shape index (κ3) is 4.19. The zero-order chi connectivity index (χ0) is 16.8. The fourth-order valence-corrected chi connectivity index (χ4v) is 2.29. The molecule has 0 saturated carbocycles. The summed E-state index contributed by atoms with van der Waals surface area (Å²) < 4.78 is 14.8. The number of anilines is 1. The van der Waals surface area contributed by atoms with E-state index in [0.717, 1.165) is 11.3 Å². The zero-order valence-electron chi connectivity index (χ0n) is 12.9. The summed E-state index contributed by atoms with van der Waals surface area (Å²) in [4.78, 5) is 11.9. The van der Waals surface area contributed by atoms with Crippen LogP contribution in [0, 0.1) is 5.82 Å². The van der Waals surface area contributed by atoms with Gasteiger partial charge in [0.15, 0.2) is 5.82 Å². The van der Waals surface area contributed by atoms with E-state index in [1.54, 1.807) is 23.0 Å². The number of urea groups is 1. The van der Waals surface area contributed by atoms with Crippen LogP contribution in [0.15, 0.2) is 66.9 Å². The summed E-state index contributed by atoms with van der Waals surface area (Å²) in [6, 6.07) is 17.3. The summed E-state index contributed by atoms with van der Waals surface area (Å²) in [6.45, 7) is 0.411. The maximum Gasteiger partial charge on any atom is 0.320 e. The Labute approximate surface area is 139 Å². The van der Waals surface area contributed by atoms with Crippen LogP contribution < -0.4 is 10.6 Å². The minimum Gasteiger partial charge on any atom is -0.337 e. The zero-order valence-corrected chi connectivity index (χ0v) is 12.9. The van der Waals surface area contributed by atoms with E-state index in [1.807, 2.05) is 36.4 Å². The molecule has 0 atom stereocenters. The van der Waals surface area contributed by atoms with Crippen molar-refractivity contribution >= 4 is 11.8 Å². The molecule has 0 aliphatic heterocycles. The monoisotopic (exact) mass is 324 g/mol. The number of amides is 2. The molecule has 0 saturated heterocycles. The molecule has 2 N–H and O–H groups in total. The van der Waals surface area contributed by atoms with Crippen LogP contribution in [-0.2, 0) is 6.42 Å². The van der Waals surface area contributed by atoms with E-state index < -0.39 is 0 Å². The Morgan fingerprint density at radius 3 is 2.71 bits per heavy atom. The van der Waals surface area contributed by atoms with E-state index in [1.165, 1.54) is 12.1 Å². The van der Waals surface area contributed by atoms with E-state index in [-0.39, 0.29) is 11.8 Å². The number of carbonyl (C=O) groups excluding carboxylic acids is 1. The Balaban J connectivity index is 1.49. The first-order valence-corrected chi connectivity index (χ1v) is 7.61. The second-order valence-electron chi connectivity index (χ2n) is 5.24. The molecule has 0 unspecified atom stereocenters. The molecule has 2 aromatic carbocycles. The quantitative estimate of drug-likeness (QED) is 0.756. The summed E-state index contributed by atoms with van der Waals surface area (Å²) in [5.74, 6) is 0.186. The molecule has 24 heavy (non-hydrogen) atoms. The molecule has 1 heterocycles. The van der Waals surface area contributed by atoms with E-state index in [9.17, 15) is 9.18 Å². The van der Waals surface area contributed by atoms with Crippen molar-refractivity contribution in [2.75, 3.05) is 11.9 Å².